The van der Waals surface area contributed by atoms with Crippen molar-refractivity contribution in [1.29, 1.82) is 0 Å². The highest BCUT2D eigenvalue weighted by Gasteiger charge is 2.25. The quantitative estimate of drug-likeness (QED) is 0.798. The molecule has 1 aliphatic rings. The van der Waals surface area contributed by atoms with Crippen molar-refractivity contribution >= 4 is 21.8 Å². The van der Waals surface area contributed by atoms with E-state index in [4.69, 9.17) is 4.74 Å². The number of para-hydroxylation sites is 1. The maximum atomic E-state index is 11.9. The average molecular weight is 298 g/mol. The Bertz CT molecular complexity index is 369. The predicted octanol–water partition coefficient (Wildman–Crippen LogP) is 2.31. The lowest BCUT2D eigenvalue weighted by molar-refractivity contribution is -0.132. The first-order valence-corrected chi connectivity index (χ1v) is 6.93. The normalized spacial score (nSPS) is 19.4. The third-order valence-electron chi connectivity index (χ3n) is 2.96. The number of amides is 1. The number of alkyl halides is 1. The van der Waals surface area contributed by atoms with Crippen molar-refractivity contribution in [2.75, 3.05) is 25.0 Å². The van der Waals surface area contributed by atoms with E-state index in [9.17, 15) is 4.79 Å². The summed E-state index contributed by atoms with van der Waals surface area (Å²) in [6, 6.07) is 9.44. The predicted molar refractivity (Wildman–Crippen MR) is 70.4 cm³/mol. The van der Waals surface area contributed by atoms with Crippen LogP contribution in [0.25, 0.3) is 0 Å². The van der Waals surface area contributed by atoms with Crippen LogP contribution in [0.4, 0.5) is 0 Å². The van der Waals surface area contributed by atoms with Gasteiger partial charge >= 0.3 is 0 Å². The van der Waals surface area contributed by atoms with Crippen molar-refractivity contribution in [3.05, 3.63) is 30.3 Å². The molecule has 0 N–H and O–H groups in total. The molecule has 17 heavy (non-hydrogen) atoms. The zero-order valence-electron chi connectivity index (χ0n) is 9.64. The molecular formula is C13H16BrNO2. The second-order valence-corrected chi connectivity index (χ2v) is 4.90. The minimum atomic E-state index is 0.0808. The summed E-state index contributed by atoms with van der Waals surface area (Å²) >= 11 is 3.46. The summed E-state index contributed by atoms with van der Waals surface area (Å²) in [5, 5.41) is 0.969. The van der Waals surface area contributed by atoms with Crippen LogP contribution in [-0.2, 0) is 4.79 Å². The first-order chi connectivity index (χ1) is 8.29. The first kappa shape index (κ1) is 12.4. The molecule has 0 bridgehead atoms. The molecule has 1 aliphatic heterocycles. The van der Waals surface area contributed by atoms with Gasteiger partial charge < -0.3 is 9.64 Å². The molecule has 1 fully saturated rings. The summed E-state index contributed by atoms with van der Waals surface area (Å²) < 4.78 is 5.45. The molecule has 1 heterocycles. The van der Waals surface area contributed by atoms with Crippen molar-refractivity contribution in [1.82, 2.24) is 4.90 Å². The summed E-state index contributed by atoms with van der Waals surface area (Å²) in [5.74, 6) is 1.42. The molecule has 1 saturated heterocycles. The van der Waals surface area contributed by atoms with Crippen LogP contribution in [0.15, 0.2) is 30.3 Å². The molecule has 0 radical (unpaired) electrons. The Hall–Kier alpha value is -1.03. The molecule has 0 aromatic heterocycles. The van der Waals surface area contributed by atoms with E-state index < -0.39 is 0 Å². The van der Waals surface area contributed by atoms with Gasteiger partial charge in [-0.15, -0.1) is 0 Å². The Kier molecular flexibility index (Phi) is 4.42. The van der Waals surface area contributed by atoms with Gasteiger partial charge in [0.05, 0.1) is 0 Å². The Labute approximate surface area is 110 Å². The van der Waals surface area contributed by atoms with Gasteiger partial charge in [0.15, 0.2) is 6.61 Å². The van der Waals surface area contributed by atoms with Crippen LogP contribution in [-0.4, -0.2) is 35.8 Å². The van der Waals surface area contributed by atoms with Gasteiger partial charge in [0, 0.05) is 18.4 Å². The van der Waals surface area contributed by atoms with Crippen LogP contribution in [0.5, 0.6) is 5.75 Å². The topological polar surface area (TPSA) is 29.5 Å². The monoisotopic (exact) mass is 297 g/mol. The van der Waals surface area contributed by atoms with Gasteiger partial charge in [0.2, 0.25) is 0 Å². The molecule has 4 heteroatoms. The molecule has 0 saturated carbocycles. The third-order valence-corrected chi connectivity index (χ3v) is 3.88. The van der Waals surface area contributed by atoms with Gasteiger partial charge in [-0.3, -0.25) is 4.79 Å². The van der Waals surface area contributed by atoms with E-state index in [0.29, 0.717) is 5.92 Å². The average Bonchev–Trinajstić information content (AvgIpc) is 2.86. The van der Waals surface area contributed by atoms with E-state index in [1.54, 1.807) is 0 Å². The number of nitrogens with zero attached hydrogens (tertiary/aromatic N) is 1. The summed E-state index contributed by atoms with van der Waals surface area (Å²) in [6.45, 7) is 1.84. The molecule has 1 unspecified atom stereocenters. The van der Waals surface area contributed by atoms with Crippen LogP contribution in [0.1, 0.15) is 6.42 Å². The fraction of sp³-hybridized carbons (Fsp3) is 0.462. The molecule has 1 atom stereocenters. The van der Waals surface area contributed by atoms with E-state index in [0.717, 1.165) is 30.6 Å². The number of likely N-dealkylation sites (tertiary alicyclic amines) is 1. The maximum Gasteiger partial charge on any atom is 0.260 e. The largest absolute Gasteiger partial charge is 0.484 e. The van der Waals surface area contributed by atoms with E-state index in [1.807, 2.05) is 35.2 Å². The van der Waals surface area contributed by atoms with E-state index in [2.05, 4.69) is 15.9 Å². The number of hydrogen-bond acceptors (Lipinski definition) is 2. The molecule has 0 aliphatic carbocycles. The fourth-order valence-corrected chi connectivity index (χ4v) is 2.47. The van der Waals surface area contributed by atoms with Crippen LogP contribution in [0.2, 0.25) is 0 Å². The number of carbonyl (C=O) groups is 1. The summed E-state index contributed by atoms with van der Waals surface area (Å²) in [7, 11) is 0. The van der Waals surface area contributed by atoms with Crippen molar-refractivity contribution in [2.24, 2.45) is 5.92 Å². The standard InChI is InChI=1S/C13H16BrNO2/c14-8-11-6-7-15(9-11)13(16)10-17-12-4-2-1-3-5-12/h1-5,11H,6-10H2. The Morgan fingerprint density at radius 2 is 2.18 bits per heavy atom. The van der Waals surface area contributed by atoms with Crippen molar-refractivity contribution in [3.63, 3.8) is 0 Å². The van der Waals surface area contributed by atoms with Crippen LogP contribution < -0.4 is 4.74 Å². The smallest absolute Gasteiger partial charge is 0.260 e. The van der Waals surface area contributed by atoms with Crippen LogP contribution >= 0.6 is 15.9 Å². The van der Waals surface area contributed by atoms with Crippen molar-refractivity contribution in [2.45, 2.75) is 6.42 Å². The highest BCUT2D eigenvalue weighted by atomic mass is 79.9. The van der Waals surface area contributed by atoms with Crippen LogP contribution in [0, 0.1) is 5.92 Å². The van der Waals surface area contributed by atoms with E-state index >= 15 is 0 Å². The van der Waals surface area contributed by atoms with Crippen LogP contribution in [0.3, 0.4) is 0 Å². The molecule has 1 amide bonds. The molecule has 2 rings (SSSR count). The number of benzene rings is 1. The minimum absolute atomic E-state index is 0.0808. The summed E-state index contributed by atoms with van der Waals surface area (Å²) in [4.78, 5) is 13.7. The molecule has 1 aromatic carbocycles. The lowest BCUT2D eigenvalue weighted by Crippen LogP contribution is -2.33. The Morgan fingerprint density at radius 3 is 2.82 bits per heavy atom. The van der Waals surface area contributed by atoms with Gasteiger partial charge in [0.25, 0.3) is 5.91 Å². The molecule has 92 valence electrons. The molecule has 3 nitrogen and oxygen atoms in total. The SMILES string of the molecule is O=C(COc1ccccc1)N1CCC(CBr)C1. The van der Waals surface area contributed by atoms with Gasteiger partial charge in [-0.05, 0) is 24.5 Å². The number of rotatable bonds is 4. The number of hydrogen-bond donors (Lipinski definition) is 0. The number of ether oxygens (including phenoxy) is 1. The first-order valence-electron chi connectivity index (χ1n) is 5.81. The third kappa shape index (κ3) is 3.46. The Morgan fingerprint density at radius 1 is 1.41 bits per heavy atom. The van der Waals surface area contributed by atoms with Gasteiger partial charge in [0.1, 0.15) is 5.75 Å². The maximum absolute atomic E-state index is 11.9. The zero-order chi connectivity index (χ0) is 12.1. The number of halogens is 1. The van der Waals surface area contributed by atoms with Gasteiger partial charge in [-0.1, -0.05) is 34.1 Å². The van der Waals surface area contributed by atoms with Crippen molar-refractivity contribution in [3.8, 4) is 5.75 Å². The summed E-state index contributed by atoms with van der Waals surface area (Å²) in [5.41, 5.74) is 0. The van der Waals surface area contributed by atoms with Gasteiger partial charge in [-0.25, -0.2) is 0 Å². The summed E-state index contributed by atoms with van der Waals surface area (Å²) in [6.07, 6.45) is 1.09. The number of carbonyl (C=O) groups excluding carboxylic acids is 1. The molecule has 1 aromatic rings. The molecular weight excluding hydrogens is 282 g/mol. The van der Waals surface area contributed by atoms with E-state index in [1.165, 1.54) is 0 Å². The Balaban J connectivity index is 1.78. The lowest BCUT2D eigenvalue weighted by atomic mass is 10.2. The highest BCUT2D eigenvalue weighted by molar-refractivity contribution is 9.09. The minimum Gasteiger partial charge on any atom is -0.484 e. The zero-order valence-corrected chi connectivity index (χ0v) is 11.2. The van der Waals surface area contributed by atoms with Gasteiger partial charge in [-0.2, -0.15) is 0 Å². The van der Waals surface area contributed by atoms with E-state index in [-0.39, 0.29) is 12.5 Å². The second kappa shape index (κ2) is 6.05. The highest BCUT2D eigenvalue weighted by Crippen LogP contribution is 2.18. The molecule has 0 spiro atoms. The fourth-order valence-electron chi connectivity index (χ4n) is 1.94. The van der Waals surface area contributed by atoms with Crippen molar-refractivity contribution < 1.29 is 9.53 Å². The second-order valence-electron chi connectivity index (χ2n) is 4.25. The lowest BCUT2D eigenvalue weighted by Gasteiger charge is -2.16.